The number of amides is 1. The predicted molar refractivity (Wildman–Crippen MR) is 62.5 cm³/mol. The maximum Gasteiger partial charge on any atom is 0.316 e. The van der Waals surface area contributed by atoms with Crippen LogP contribution < -0.4 is 5.32 Å². The molecule has 0 atom stereocenters. The second kappa shape index (κ2) is 4.78. The van der Waals surface area contributed by atoms with Crippen molar-refractivity contribution in [2.24, 2.45) is 0 Å². The van der Waals surface area contributed by atoms with Crippen LogP contribution in [0.5, 0.6) is 0 Å². The van der Waals surface area contributed by atoms with E-state index < -0.39 is 0 Å². The molecule has 0 fully saturated rings. The quantitative estimate of drug-likeness (QED) is 0.874. The number of hydrogen-bond donors (Lipinski definition) is 1. The molecule has 1 amide bonds. The van der Waals surface area contributed by atoms with Crippen molar-refractivity contribution in [1.82, 2.24) is 15.5 Å². The summed E-state index contributed by atoms with van der Waals surface area (Å²) in [7, 11) is 0. The van der Waals surface area contributed by atoms with Gasteiger partial charge in [0.25, 0.3) is 0 Å². The number of carbonyl (C=O) groups excluding carboxylic acids is 1. The molecule has 0 spiro atoms. The lowest BCUT2D eigenvalue weighted by atomic mass is 10.1. The van der Waals surface area contributed by atoms with Gasteiger partial charge in [0, 0.05) is 12.1 Å². The Morgan fingerprint density at radius 3 is 3.00 bits per heavy atom. The van der Waals surface area contributed by atoms with Crippen molar-refractivity contribution >= 4 is 5.91 Å². The molecule has 0 aliphatic carbocycles. The highest BCUT2D eigenvalue weighted by Gasteiger charge is 2.14. The highest BCUT2D eigenvalue weighted by atomic mass is 16.5. The molecule has 0 radical (unpaired) electrons. The first kappa shape index (κ1) is 11.3. The van der Waals surface area contributed by atoms with Crippen molar-refractivity contribution in [3.05, 3.63) is 35.7 Å². The highest BCUT2D eigenvalue weighted by Crippen LogP contribution is 2.16. The smallest absolute Gasteiger partial charge is 0.316 e. The second-order valence-corrected chi connectivity index (χ2v) is 3.65. The van der Waals surface area contributed by atoms with Gasteiger partial charge in [-0.15, -0.1) is 0 Å². The summed E-state index contributed by atoms with van der Waals surface area (Å²) in [5, 5.41) is 6.39. The molecular weight excluding hydrogens is 218 g/mol. The van der Waals surface area contributed by atoms with Gasteiger partial charge in [-0.05, 0) is 19.9 Å². The number of nitrogens with zero attached hydrogens (tertiary/aromatic N) is 2. The van der Waals surface area contributed by atoms with Crippen molar-refractivity contribution in [2.45, 2.75) is 13.8 Å². The zero-order valence-electron chi connectivity index (χ0n) is 9.73. The van der Waals surface area contributed by atoms with Crippen molar-refractivity contribution in [1.29, 1.82) is 0 Å². The molecule has 88 valence electrons. The number of aryl methyl sites for hydroxylation is 1. The zero-order chi connectivity index (χ0) is 12.3. The standard InChI is InChI=1S/C12H13N3O2/c1-3-13-11(16)12-14-10(15-17-12)9-6-4-5-8(2)7-9/h4-7H,3H2,1-2H3,(H,13,16). The van der Waals surface area contributed by atoms with E-state index in [4.69, 9.17) is 4.52 Å². The Kier molecular flexibility index (Phi) is 3.18. The van der Waals surface area contributed by atoms with Gasteiger partial charge in [-0.25, -0.2) is 0 Å². The van der Waals surface area contributed by atoms with Crippen LogP contribution in [0.1, 0.15) is 23.2 Å². The molecule has 0 saturated carbocycles. The van der Waals surface area contributed by atoms with E-state index in [-0.39, 0.29) is 11.8 Å². The Labute approximate surface area is 98.8 Å². The average molecular weight is 231 g/mol. The first-order valence-electron chi connectivity index (χ1n) is 5.39. The summed E-state index contributed by atoms with van der Waals surface area (Å²) >= 11 is 0. The first-order chi connectivity index (χ1) is 8.20. The molecule has 5 heteroatoms. The Morgan fingerprint density at radius 1 is 1.47 bits per heavy atom. The lowest BCUT2D eigenvalue weighted by Crippen LogP contribution is -2.22. The van der Waals surface area contributed by atoms with Crippen molar-refractivity contribution in [3.8, 4) is 11.4 Å². The number of benzene rings is 1. The van der Waals surface area contributed by atoms with E-state index in [1.54, 1.807) is 0 Å². The third kappa shape index (κ3) is 2.50. The van der Waals surface area contributed by atoms with Gasteiger partial charge in [0.05, 0.1) is 0 Å². The van der Waals surface area contributed by atoms with Gasteiger partial charge < -0.3 is 9.84 Å². The average Bonchev–Trinajstić information content (AvgIpc) is 2.78. The van der Waals surface area contributed by atoms with Gasteiger partial charge in [0.15, 0.2) is 0 Å². The summed E-state index contributed by atoms with van der Waals surface area (Å²) < 4.78 is 4.90. The van der Waals surface area contributed by atoms with Crippen LogP contribution in [0.25, 0.3) is 11.4 Å². The van der Waals surface area contributed by atoms with E-state index in [2.05, 4.69) is 15.5 Å². The summed E-state index contributed by atoms with van der Waals surface area (Å²) in [5.41, 5.74) is 1.94. The third-order valence-corrected chi connectivity index (χ3v) is 2.23. The summed E-state index contributed by atoms with van der Waals surface area (Å²) in [4.78, 5) is 15.5. The summed E-state index contributed by atoms with van der Waals surface area (Å²) in [6, 6.07) is 7.70. The van der Waals surface area contributed by atoms with Crippen LogP contribution in [0.15, 0.2) is 28.8 Å². The van der Waals surface area contributed by atoms with Crippen LogP contribution in [0.2, 0.25) is 0 Å². The minimum atomic E-state index is -0.348. The monoisotopic (exact) mass is 231 g/mol. The molecule has 2 rings (SSSR count). The molecule has 5 nitrogen and oxygen atoms in total. The van der Waals surface area contributed by atoms with Crippen LogP contribution >= 0.6 is 0 Å². The Morgan fingerprint density at radius 2 is 2.29 bits per heavy atom. The Hall–Kier alpha value is -2.17. The van der Waals surface area contributed by atoms with Crippen LogP contribution in [0, 0.1) is 6.92 Å². The van der Waals surface area contributed by atoms with Crippen LogP contribution in [-0.2, 0) is 0 Å². The summed E-state index contributed by atoms with van der Waals surface area (Å²) in [6.07, 6.45) is 0. The molecule has 0 aliphatic rings. The number of rotatable bonds is 3. The van der Waals surface area contributed by atoms with Crippen molar-refractivity contribution in [3.63, 3.8) is 0 Å². The van der Waals surface area contributed by atoms with E-state index in [1.807, 2.05) is 38.1 Å². The number of aromatic nitrogens is 2. The summed E-state index contributed by atoms with van der Waals surface area (Å²) in [5.74, 6) is 0.0669. The van der Waals surface area contributed by atoms with Crippen molar-refractivity contribution in [2.75, 3.05) is 6.54 Å². The first-order valence-corrected chi connectivity index (χ1v) is 5.39. The van der Waals surface area contributed by atoms with Gasteiger partial charge in [-0.3, -0.25) is 4.79 Å². The third-order valence-electron chi connectivity index (χ3n) is 2.23. The molecule has 1 N–H and O–H groups in total. The van der Waals surface area contributed by atoms with Crippen LogP contribution in [-0.4, -0.2) is 22.6 Å². The van der Waals surface area contributed by atoms with Gasteiger partial charge in [0.2, 0.25) is 5.82 Å². The fourth-order valence-corrected chi connectivity index (χ4v) is 1.45. The van der Waals surface area contributed by atoms with Crippen molar-refractivity contribution < 1.29 is 9.32 Å². The molecule has 1 aromatic heterocycles. The molecule has 0 saturated heterocycles. The molecule has 17 heavy (non-hydrogen) atoms. The van der Waals surface area contributed by atoms with E-state index >= 15 is 0 Å². The molecular formula is C12H13N3O2. The highest BCUT2D eigenvalue weighted by molar-refractivity contribution is 5.89. The van der Waals surface area contributed by atoms with E-state index in [0.717, 1.165) is 11.1 Å². The Bertz CT molecular complexity index is 534. The summed E-state index contributed by atoms with van der Waals surface area (Å²) in [6.45, 7) is 4.34. The molecule has 2 aromatic rings. The SMILES string of the molecule is CCNC(=O)c1nc(-c2cccc(C)c2)no1. The number of hydrogen-bond acceptors (Lipinski definition) is 4. The number of carbonyl (C=O) groups is 1. The molecule has 0 unspecified atom stereocenters. The maximum atomic E-state index is 11.4. The molecule has 1 aromatic carbocycles. The zero-order valence-corrected chi connectivity index (χ0v) is 9.73. The fraction of sp³-hybridized carbons (Fsp3) is 0.250. The molecule has 0 bridgehead atoms. The van der Waals surface area contributed by atoms with Crippen LogP contribution in [0.3, 0.4) is 0 Å². The topological polar surface area (TPSA) is 68.0 Å². The Balaban J connectivity index is 2.27. The largest absolute Gasteiger partial charge is 0.348 e. The minimum Gasteiger partial charge on any atom is -0.348 e. The van der Waals surface area contributed by atoms with E-state index in [1.165, 1.54) is 0 Å². The maximum absolute atomic E-state index is 11.4. The predicted octanol–water partition coefficient (Wildman–Crippen LogP) is 1.79. The van der Waals surface area contributed by atoms with E-state index in [9.17, 15) is 4.79 Å². The number of nitrogens with one attached hydrogen (secondary N) is 1. The fourth-order valence-electron chi connectivity index (χ4n) is 1.45. The lowest BCUT2D eigenvalue weighted by Gasteiger charge is -1.95. The lowest BCUT2D eigenvalue weighted by molar-refractivity contribution is 0.0912. The van der Waals surface area contributed by atoms with Gasteiger partial charge in [0.1, 0.15) is 0 Å². The minimum absolute atomic E-state index is 0.0108. The van der Waals surface area contributed by atoms with E-state index in [0.29, 0.717) is 12.4 Å². The normalized spacial score (nSPS) is 10.2. The van der Waals surface area contributed by atoms with Gasteiger partial charge in [-0.1, -0.05) is 28.9 Å². The molecule has 0 aliphatic heterocycles. The van der Waals surface area contributed by atoms with Gasteiger partial charge >= 0.3 is 11.8 Å². The molecule has 1 heterocycles. The van der Waals surface area contributed by atoms with Crippen LogP contribution in [0.4, 0.5) is 0 Å². The van der Waals surface area contributed by atoms with Gasteiger partial charge in [-0.2, -0.15) is 4.98 Å². The second-order valence-electron chi connectivity index (χ2n) is 3.65.